The van der Waals surface area contributed by atoms with Crippen LogP contribution in [-0.4, -0.2) is 58.2 Å². The van der Waals surface area contributed by atoms with E-state index in [1.165, 1.54) is 6.33 Å². The molecule has 7 heteroatoms. The molecule has 2 aromatic rings. The lowest BCUT2D eigenvalue weighted by molar-refractivity contribution is 0.0785. The molecule has 0 unspecified atom stereocenters. The number of anilines is 1. The highest BCUT2D eigenvalue weighted by Crippen LogP contribution is 2.26. The van der Waals surface area contributed by atoms with Gasteiger partial charge in [0.15, 0.2) is 0 Å². The molecule has 1 aromatic carbocycles. The summed E-state index contributed by atoms with van der Waals surface area (Å²) in [6.45, 7) is 0.550. The first kappa shape index (κ1) is 17.3. The second-order valence-electron chi connectivity index (χ2n) is 6.25. The summed E-state index contributed by atoms with van der Waals surface area (Å²) in [7, 11) is 1.71. The number of nitrogens with zero attached hydrogens (tertiary/aromatic N) is 4. The number of halogens is 1. The summed E-state index contributed by atoms with van der Waals surface area (Å²) in [4.78, 5) is 24.2. The van der Waals surface area contributed by atoms with Crippen LogP contribution in [0.4, 0.5) is 10.2 Å². The predicted molar refractivity (Wildman–Crippen MR) is 92.0 cm³/mol. The minimum Gasteiger partial charge on any atom is -0.392 e. The smallest absolute Gasteiger partial charge is 0.253 e. The minimum atomic E-state index is -0.943. The van der Waals surface area contributed by atoms with Gasteiger partial charge in [-0.2, -0.15) is 0 Å². The van der Waals surface area contributed by atoms with Crippen molar-refractivity contribution in [2.24, 2.45) is 0 Å². The molecule has 1 aliphatic rings. The van der Waals surface area contributed by atoms with Gasteiger partial charge in [-0.15, -0.1) is 0 Å². The second-order valence-corrected chi connectivity index (χ2v) is 6.25. The second kappa shape index (κ2) is 7.57. The van der Waals surface area contributed by atoms with Crippen LogP contribution < -0.4 is 4.90 Å². The molecule has 132 valence electrons. The number of rotatable bonds is 5. The van der Waals surface area contributed by atoms with Crippen molar-refractivity contribution in [1.82, 2.24) is 14.9 Å². The summed E-state index contributed by atoms with van der Waals surface area (Å²) >= 11 is 0. The number of benzene rings is 1. The van der Waals surface area contributed by atoms with Gasteiger partial charge in [0.05, 0.1) is 19.2 Å². The molecule has 25 heavy (non-hydrogen) atoms. The molecule has 0 spiro atoms. The van der Waals surface area contributed by atoms with Crippen molar-refractivity contribution in [2.75, 3.05) is 25.0 Å². The van der Waals surface area contributed by atoms with E-state index in [0.29, 0.717) is 29.9 Å². The van der Waals surface area contributed by atoms with E-state index in [1.807, 2.05) is 4.90 Å². The molecule has 1 aromatic heterocycles. The zero-order valence-electron chi connectivity index (χ0n) is 14.0. The molecule has 2 heterocycles. The summed E-state index contributed by atoms with van der Waals surface area (Å²) in [5.74, 6) is 0.517. The Labute approximate surface area is 145 Å². The van der Waals surface area contributed by atoms with Crippen molar-refractivity contribution in [3.63, 3.8) is 0 Å². The molecule has 3 rings (SSSR count). The fourth-order valence-electron chi connectivity index (χ4n) is 3.19. The third-order valence-electron chi connectivity index (χ3n) is 4.41. The zero-order chi connectivity index (χ0) is 17.8. The molecule has 1 N–H and O–H groups in total. The van der Waals surface area contributed by atoms with Crippen LogP contribution in [0.25, 0.3) is 0 Å². The molecule has 0 bridgehead atoms. The first-order chi connectivity index (χ1) is 12.1. The van der Waals surface area contributed by atoms with Crippen LogP contribution in [0.2, 0.25) is 0 Å². The van der Waals surface area contributed by atoms with Gasteiger partial charge in [0.25, 0.3) is 5.91 Å². The summed E-state index contributed by atoms with van der Waals surface area (Å²) in [6, 6.07) is 8.50. The Hall–Kier alpha value is -2.54. The highest BCUT2D eigenvalue weighted by Gasteiger charge is 2.34. The van der Waals surface area contributed by atoms with Gasteiger partial charge in [0.1, 0.15) is 18.3 Å². The van der Waals surface area contributed by atoms with E-state index < -0.39 is 6.17 Å². The van der Waals surface area contributed by atoms with Crippen molar-refractivity contribution in [3.8, 4) is 0 Å². The van der Waals surface area contributed by atoms with E-state index in [0.717, 1.165) is 0 Å². The molecule has 1 fully saturated rings. The normalized spacial score (nSPS) is 19.9. The fraction of sp³-hybridized carbons (Fsp3) is 0.389. The number of aliphatic hydroxyl groups is 1. The number of hydrogen-bond donors (Lipinski definition) is 1. The largest absolute Gasteiger partial charge is 0.392 e. The molecule has 0 saturated carbocycles. The Kier molecular flexibility index (Phi) is 5.23. The zero-order valence-corrected chi connectivity index (χ0v) is 14.0. The van der Waals surface area contributed by atoms with Crippen LogP contribution in [0.5, 0.6) is 0 Å². The molecule has 0 radical (unpaired) electrons. The number of aliphatic hydroxyl groups excluding tert-OH is 1. The van der Waals surface area contributed by atoms with Crippen LogP contribution in [0.1, 0.15) is 22.3 Å². The summed E-state index contributed by atoms with van der Waals surface area (Å²) in [5.41, 5.74) is 1.20. The summed E-state index contributed by atoms with van der Waals surface area (Å²) in [5, 5.41) is 9.22. The molecule has 6 nitrogen and oxygen atoms in total. The van der Waals surface area contributed by atoms with Crippen LogP contribution in [0.15, 0.2) is 42.9 Å². The van der Waals surface area contributed by atoms with Gasteiger partial charge in [0, 0.05) is 31.8 Å². The Morgan fingerprint density at radius 1 is 1.44 bits per heavy atom. The molecule has 1 aliphatic heterocycles. The van der Waals surface area contributed by atoms with Crippen molar-refractivity contribution in [1.29, 1.82) is 0 Å². The lowest BCUT2D eigenvalue weighted by atomic mass is 10.1. The number of aromatic nitrogens is 2. The van der Waals surface area contributed by atoms with Crippen molar-refractivity contribution >= 4 is 11.7 Å². The maximum Gasteiger partial charge on any atom is 0.253 e. The Morgan fingerprint density at radius 3 is 3.00 bits per heavy atom. The van der Waals surface area contributed by atoms with Gasteiger partial charge in [-0.25, -0.2) is 14.4 Å². The van der Waals surface area contributed by atoms with Crippen molar-refractivity contribution in [3.05, 3.63) is 54.0 Å². The van der Waals surface area contributed by atoms with Crippen LogP contribution in [0, 0.1) is 0 Å². The Bertz CT molecular complexity index is 728. The lowest BCUT2D eigenvalue weighted by Gasteiger charge is -2.29. The van der Waals surface area contributed by atoms with Gasteiger partial charge < -0.3 is 14.9 Å². The number of carbonyl (C=O) groups is 1. The van der Waals surface area contributed by atoms with E-state index in [1.54, 1.807) is 48.5 Å². The highest BCUT2D eigenvalue weighted by atomic mass is 19.1. The standard InChI is InChI=1S/C18H21FN4O2/c1-22(18(25)14-4-2-3-13(7-14)11-24)10-16-8-15(19)9-23(16)17-5-6-20-12-21-17/h2-7,12,15-16,24H,8-11H2,1H3/t15-,16-/m0/s1. The number of likely N-dealkylation sites (N-methyl/N-ethyl adjacent to an activating group) is 1. The topological polar surface area (TPSA) is 69.6 Å². The molecule has 1 saturated heterocycles. The third kappa shape index (κ3) is 3.93. The summed E-state index contributed by atoms with van der Waals surface area (Å²) in [6.07, 6.45) is 2.48. The molecular weight excluding hydrogens is 323 g/mol. The average Bonchev–Trinajstić information content (AvgIpc) is 3.02. The molecule has 0 aliphatic carbocycles. The van der Waals surface area contributed by atoms with E-state index in [-0.39, 0.29) is 25.1 Å². The van der Waals surface area contributed by atoms with Gasteiger partial charge in [0.2, 0.25) is 0 Å². The van der Waals surface area contributed by atoms with Crippen LogP contribution in [-0.2, 0) is 6.61 Å². The minimum absolute atomic E-state index is 0.113. The van der Waals surface area contributed by atoms with E-state index in [2.05, 4.69) is 9.97 Å². The number of carbonyl (C=O) groups excluding carboxylic acids is 1. The van der Waals surface area contributed by atoms with E-state index in [4.69, 9.17) is 0 Å². The first-order valence-electron chi connectivity index (χ1n) is 8.20. The quantitative estimate of drug-likeness (QED) is 0.893. The van der Waals surface area contributed by atoms with Gasteiger partial charge in [-0.05, 0) is 23.8 Å². The van der Waals surface area contributed by atoms with Gasteiger partial charge in [-0.1, -0.05) is 12.1 Å². The SMILES string of the molecule is CN(C[C@@H]1C[C@H](F)CN1c1ccncn1)C(=O)c1cccc(CO)c1. The Balaban J connectivity index is 1.72. The average molecular weight is 344 g/mol. The monoisotopic (exact) mass is 344 g/mol. The lowest BCUT2D eigenvalue weighted by Crippen LogP contribution is -2.41. The van der Waals surface area contributed by atoms with E-state index in [9.17, 15) is 14.3 Å². The number of alkyl halides is 1. The maximum absolute atomic E-state index is 14.0. The maximum atomic E-state index is 14.0. The van der Waals surface area contributed by atoms with Crippen LogP contribution >= 0.6 is 0 Å². The molecule has 2 atom stereocenters. The fourth-order valence-corrected chi connectivity index (χ4v) is 3.19. The van der Waals surface area contributed by atoms with E-state index >= 15 is 0 Å². The van der Waals surface area contributed by atoms with Crippen molar-refractivity contribution in [2.45, 2.75) is 25.2 Å². The third-order valence-corrected chi connectivity index (χ3v) is 4.41. The summed E-state index contributed by atoms with van der Waals surface area (Å²) < 4.78 is 14.0. The predicted octanol–water partition coefficient (Wildman–Crippen LogP) is 1.66. The van der Waals surface area contributed by atoms with Gasteiger partial charge in [-0.3, -0.25) is 4.79 Å². The van der Waals surface area contributed by atoms with Gasteiger partial charge >= 0.3 is 0 Å². The van der Waals surface area contributed by atoms with Crippen LogP contribution in [0.3, 0.4) is 0 Å². The Morgan fingerprint density at radius 2 is 2.28 bits per heavy atom. The first-order valence-corrected chi connectivity index (χ1v) is 8.20. The number of hydrogen-bond acceptors (Lipinski definition) is 5. The highest BCUT2D eigenvalue weighted by molar-refractivity contribution is 5.94. The molecule has 1 amide bonds. The molecular formula is C18H21FN4O2. The van der Waals surface area contributed by atoms with Crippen molar-refractivity contribution < 1.29 is 14.3 Å². The number of amides is 1.